The Morgan fingerprint density at radius 3 is 2.64 bits per heavy atom. The van der Waals surface area contributed by atoms with Crippen molar-refractivity contribution in [2.45, 2.75) is 18.7 Å². The Bertz CT molecular complexity index is 321. The molecule has 0 bridgehead atoms. The average Bonchev–Trinajstić information content (AvgIpc) is 2.15. The van der Waals surface area contributed by atoms with Gasteiger partial charge in [-0.15, -0.1) is 12.6 Å². The minimum atomic E-state index is -0.302. The van der Waals surface area contributed by atoms with Gasteiger partial charge in [-0.1, -0.05) is 26.0 Å². The fourth-order valence-electron chi connectivity index (χ4n) is 0.966. The van der Waals surface area contributed by atoms with Crippen LogP contribution in [0.15, 0.2) is 29.2 Å². The van der Waals surface area contributed by atoms with E-state index in [1.165, 1.54) is 0 Å². The Morgan fingerprint density at radius 2 is 2.07 bits per heavy atom. The van der Waals surface area contributed by atoms with E-state index in [1.54, 1.807) is 18.2 Å². The van der Waals surface area contributed by atoms with Crippen molar-refractivity contribution < 1.29 is 9.53 Å². The molecule has 0 aliphatic heterocycles. The van der Waals surface area contributed by atoms with Gasteiger partial charge in [0.05, 0.1) is 12.2 Å². The second-order valence-corrected chi connectivity index (χ2v) is 3.99. The van der Waals surface area contributed by atoms with Crippen LogP contribution >= 0.6 is 12.6 Å². The fraction of sp³-hybridized carbons (Fsp3) is 0.364. The molecule has 0 saturated carbocycles. The van der Waals surface area contributed by atoms with Crippen LogP contribution in [0.1, 0.15) is 24.2 Å². The third-order valence-electron chi connectivity index (χ3n) is 1.67. The van der Waals surface area contributed by atoms with Crippen LogP contribution in [0.5, 0.6) is 0 Å². The molecule has 0 unspecified atom stereocenters. The Kier molecular flexibility index (Phi) is 4.01. The van der Waals surface area contributed by atoms with Gasteiger partial charge in [0.1, 0.15) is 0 Å². The molecule has 0 N–H and O–H groups in total. The third-order valence-corrected chi connectivity index (χ3v) is 2.06. The lowest BCUT2D eigenvalue weighted by atomic mass is 10.2. The predicted octanol–water partition coefficient (Wildman–Crippen LogP) is 2.79. The third kappa shape index (κ3) is 3.07. The van der Waals surface area contributed by atoms with Gasteiger partial charge >= 0.3 is 5.97 Å². The van der Waals surface area contributed by atoms with Crippen molar-refractivity contribution >= 4 is 18.6 Å². The van der Waals surface area contributed by atoms with Crippen molar-refractivity contribution in [1.29, 1.82) is 0 Å². The molecule has 0 saturated heterocycles. The zero-order valence-electron chi connectivity index (χ0n) is 8.36. The summed E-state index contributed by atoms with van der Waals surface area (Å²) in [5.74, 6) is 0.0512. The first-order valence-electron chi connectivity index (χ1n) is 4.56. The number of esters is 1. The van der Waals surface area contributed by atoms with Crippen molar-refractivity contribution in [3.63, 3.8) is 0 Å². The highest BCUT2D eigenvalue weighted by molar-refractivity contribution is 7.80. The van der Waals surface area contributed by atoms with E-state index in [1.807, 2.05) is 19.9 Å². The van der Waals surface area contributed by atoms with E-state index in [4.69, 9.17) is 4.74 Å². The summed E-state index contributed by atoms with van der Waals surface area (Å²) in [6.07, 6.45) is 0. The summed E-state index contributed by atoms with van der Waals surface area (Å²) in [6, 6.07) is 7.12. The molecule has 76 valence electrons. The van der Waals surface area contributed by atoms with Crippen molar-refractivity contribution in [3.8, 4) is 0 Å². The van der Waals surface area contributed by atoms with Crippen molar-refractivity contribution in [2.75, 3.05) is 6.61 Å². The number of thiol groups is 1. The van der Waals surface area contributed by atoms with Gasteiger partial charge in [0.15, 0.2) is 0 Å². The molecule has 0 radical (unpaired) electrons. The lowest BCUT2D eigenvalue weighted by Gasteiger charge is -2.08. The van der Waals surface area contributed by atoms with E-state index >= 15 is 0 Å². The highest BCUT2D eigenvalue weighted by Gasteiger charge is 2.10. The molecule has 0 aliphatic carbocycles. The van der Waals surface area contributed by atoms with Gasteiger partial charge < -0.3 is 4.74 Å². The zero-order valence-corrected chi connectivity index (χ0v) is 9.25. The Balaban J connectivity index is 2.65. The molecule has 0 fully saturated rings. The summed E-state index contributed by atoms with van der Waals surface area (Å²) >= 11 is 4.18. The smallest absolute Gasteiger partial charge is 0.339 e. The molecule has 1 rings (SSSR count). The number of rotatable bonds is 3. The number of hydrogen-bond donors (Lipinski definition) is 1. The van der Waals surface area contributed by atoms with E-state index in [0.717, 1.165) is 0 Å². The monoisotopic (exact) mass is 210 g/mol. The second kappa shape index (κ2) is 5.05. The standard InChI is InChI=1S/C11H14O2S/c1-8(2)7-13-11(12)9-5-3-4-6-10(9)14/h3-6,8,14H,7H2,1-2H3. The van der Waals surface area contributed by atoms with Gasteiger partial charge in [-0.25, -0.2) is 4.79 Å². The minimum absolute atomic E-state index is 0.302. The molecule has 2 nitrogen and oxygen atoms in total. The van der Waals surface area contributed by atoms with Crippen LogP contribution in [-0.2, 0) is 4.74 Å². The maximum Gasteiger partial charge on any atom is 0.339 e. The molecular formula is C11H14O2S. The molecule has 0 atom stereocenters. The van der Waals surface area contributed by atoms with Crippen LogP contribution in [0.3, 0.4) is 0 Å². The number of carbonyl (C=O) groups excluding carboxylic acids is 1. The molecule has 0 aromatic heterocycles. The Morgan fingerprint density at radius 1 is 1.43 bits per heavy atom. The number of benzene rings is 1. The molecule has 0 amide bonds. The first kappa shape index (κ1) is 11.1. The topological polar surface area (TPSA) is 26.3 Å². The molecule has 3 heteroatoms. The summed E-state index contributed by atoms with van der Waals surface area (Å²) in [6.45, 7) is 4.45. The summed E-state index contributed by atoms with van der Waals surface area (Å²) in [5, 5.41) is 0. The lowest BCUT2D eigenvalue weighted by molar-refractivity contribution is 0.0455. The maximum atomic E-state index is 11.5. The van der Waals surface area contributed by atoms with Crippen molar-refractivity contribution in [3.05, 3.63) is 29.8 Å². The molecule has 0 aliphatic rings. The van der Waals surface area contributed by atoms with E-state index in [9.17, 15) is 4.79 Å². The van der Waals surface area contributed by atoms with Crippen LogP contribution in [0.2, 0.25) is 0 Å². The highest BCUT2D eigenvalue weighted by atomic mass is 32.1. The molecule has 14 heavy (non-hydrogen) atoms. The van der Waals surface area contributed by atoms with Gasteiger partial charge in [0, 0.05) is 4.90 Å². The molecule has 1 aromatic carbocycles. The Hall–Kier alpha value is -0.960. The van der Waals surface area contributed by atoms with Gasteiger partial charge in [-0.3, -0.25) is 0 Å². The second-order valence-electron chi connectivity index (χ2n) is 3.51. The largest absolute Gasteiger partial charge is 0.462 e. The normalized spacial score (nSPS) is 10.3. The average molecular weight is 210 g/mol. The van der Waals surface area contributed by atoms with E-state index < -0.39 is 0 Å². The number of ether oxygens (including phenoxy) is 1. The van der Waals surface area contributed by atoms with E-state index in [0.29, 0.717) is 23.0 Å². The van der Waals surface area contributed by atoms with Crippen molar-refractivity contribution in [1.82, 2.24) is 0 Å². The molecule has 0 spiro atoms. The quantitative estimate of drug-likeness (QED) is 0.613. The van der Waals surface area contributed by atoms with Gasteiger partial charge in [-0.05, 0) is 18.1 Å². The summed E-state index contributed by atoms with van der Waals surface area (Å²) in [5.41, 5.74) is 0.525. The lowest BCUT2D eigenvalue weighted by Crippen LogP contribution is -2.10. The summed E-state index contributed by atoms with van der Waals surface area (Å²) in [7, 11) is 0. The molecular weight excluding hydrogens is 196 g/mol. The first-order valence-corrected chi connectivity index (χ1v) is 5.01. The highest BCUT2D eigenvalue weighted by Crippen LogP contribution is 2.14. The molecule has 1 aromatic rings. The number of carbonyl (C=O) groups is 1. The van der Waals surface area contributed by atoms with Gasteiger partial charge in [0.2, 0.25) is 0 Å². The van der Waals surface area contributed by atoms with Crippen LogP contribution in [-0.4, -0.2) is 12.6 Å². The van der Waals surface area contributed by atoms with E-state index in [-0.39, 0.29) is 5.97 Å². The van der Waals surface area contributed by atoms with Crippen LogP contribution in [0, 0.1) is 5.92 Å². The predicted molar refractivity (Wildman–Crippen MR) is 58.8 cm³/mol. The maximum absolute atomic E-state index is 11.5. The zero-order chi connectivity index (χ0) is 10.6. The Labute approximate surface area is 89.7 Å². The SMILES string of the molecule is CC(C)COC(=O)c1ccccc1S. The molecule has 0 heterocycles. The van der Waals surface area contributed by atoms with Crippen LogP contribution < -0.4 is 0 Å². The van der Waals surface area contributed by atoms with Crippen LogP contribution in [0.25, 0.3) is 0 Å². The fourth-order valence-corrected chi connectivity index (χ4v) is 1.22. The van der Waals surface area contributed by atoms with E-state index in [2.05, 4.69) is 12.6 Å². The van der Waals surface area contributed by atoms with Gasteiger partial charge in [-0.2, -0.15) is 0 Å². The van der Waals surface area contributed by atoms with Crippen LogP contribution in [0.4, 0.5) is 0 Å². The number of hydrogen-bond acceptors (Lipinski definition) is 3. The van der Waals surface area contributed by atoms with Gasteiger partial charge in [0.25, 0.3) is 0 Å². The summed E-state index contributed by atoms with van der Waals surface area (Å²) in [4.78, 5) is 12.2. The van der Waals surface area contributed by atoms with Crippen molar-refractivity contribution in [2.24, 2.45) is 5.92 Å². The minimum Gasteiger partial charge on any atom is -0.462 e. The first-order chi connectivity index (χ1) is 6.61. The summed E-state index contributed by atoms with van der Waals surface area (Å²) < 4.78 is 5.08.